The molecule has 0 radical (unpaired) electrons. The number of nitrogens with zero attached hydrogens (tertiary/aromatic N) is 2. The molecule has 0 saturated carbocycles. The molecule has 0 fully saturated rings. The van der Waals surface area contributed by atoms with Crippen LogP contribution in [0.5, 0.6) is 0 Å². The van der Waals surface area contributed by atoms with Crippen LogP contribution in [-0.4, -0.2) is 9.97 Å². The van der Waals surface area contributed by atoms with Gasteiger partial charge < -0.3 is 0 Å². The van der Waals surface area contributed by atoms with Crippen molar-refractivity contribution in [3.05, 3.63) is 17.7 Å². The molecule has 0 aliphatic heterocycles. The van der Waals surface area contributed by atoms with Crippen molar-refractivity contribution in [3.8, 4) is 0 Å². The first kappa shape index (κ1) is 9.21. The van der Waals surface area contributed by atoms with Crippen LogP contribution in [0.2, 0.25) is 10.3 Å². The van der Waals surface area contributed by atoms with E-state index in [1.807, 2.05) is 45.2 Å². The van der Waals surface area contributed by atoms with Crippen molar-refractivity contribution in [1.29, 1.82) is 0 Å². The Morgan fingerprint density at radius 2 is 1.40 bits per heavy atom. The van der Waals surface area contributed by atoms with Gasteiger partial charge in [0.2, 0.25) is 0 Å². The summed E-state index contributed by atoms with van der Waals surface area (Å²) in [5.74, 6) is 0. The van der Waals surface area contributed by atoms with Gasteiger partial charge in [-0.1, -0.05) is 23.2 Å². The average Bonchev–Trinajstić information content (AvgIpc) is 1.82. The van der Waals surface area contributed by atoms with Crippen molar-refractivity contribution in [2.45, 2.75) is 0 Å². The Hall–Kier alpha value is 1.12. The summed E-state index contributed by atoms with van der Waals surface area (Å²) < 4.78 is 1.26. The van der Waals surface area contributed by atoms with E-state index in [9.17, 15) is 0 Å². The van der Waals surface area contributed by atoms with E-state index in [4.69, 9.17) is 23.2 Å². The van der Waals surface area contributed by atoms with E-state index in [0.29, 0.717) is 17.7 Å². The van der Waals surface area contributed by atoms with Crippen molar-refractivity contribution in [3.63, 3.8) is 0 Å². The zero-order valence-corrected chi connectivity index (χ0v) is 10.2. The van der Waals surface area contributed by atoms with Crippen molar-refractivity contribution in [1.82, 2.24) is 9.97 Å². The fraction of sp³-hybridized carbons (Fsp3) is 0. The van der Waals surface area contributed by atoms with Crippen molar-refractivity contribution in [2.24, 2.45) is 0 Å². The maximum atomic E-state index is 5.67. The van der Waals surface area contributed by atoms with E-state index < -0.39 is 0 Å². The van der Waals surface area contributed by atoms with Crippen LogP contribution in [0.4, 0.5) is 0 Å². The molecule has 0 amide bonds. The smallest absolute Gasteiger partial charge is 0.193 e. The zero-order valence-electron chi connectivity index (χ0n) is 4.41. The van der Waals surface area contributed by atoms with Gasteiger partial charge in [-0.05, 0) is 22.6 Å². The van der Waals surface area contributed by atoms with Crippen LogP contribution in [0.15, 0.2) is 0 Å². The van der Waals surface area contributed by atoms with Crippen LogP contribution in [0.25, 0.3) is 0 Å². The lowest BCUT2D eigenvalue weighted by Crippen LogP contribution is -1.91. The molecule has 2 nitrogen and oxygen atoms in total. The molecule has 1 heterocycles. The first-order chi connectivity index (χ1) is 4.61. The van der Waals surface area contributed by atoms with Gasteiger partial charge in [-0.3, -0.25) is 0 Å². The Bertz CT molecular complexity index is 242. The topological polar surface area (TPSA) is 25.8 Å². The number of halogens is 4. The highest BCUT2D eigenvalue weighted by molar-refractivity contribution is 14.1. The van der Waals surface area contributed by atoms with Gasteiger partial charge in [-0.25, -0.2) is 9.97 Å². The number of hydrogen-bond acceptors (Lipinski definition) is 2. The molecule has 0 aliphatic carbocycles. The van der Waals surface area contributed by atoms with Gasteiger partial charge in [0.25, 0.3) is 0 Å². The van der Waals surface area contributed by atoms with E-state index in [2.05, 4.69) is 9.97 Å². The van der Waals surface area contributed by atoms with Crippen LogP contribution < -0.4 is 0 Å². The summed E-state index contributed by atoms with van der Waals surface area (Å²) in [7, 11) is 0. The van der Waals surface area contributed by atoms with E-state index in [1.165, 1.54) is 0 Å². The molecule has 0 unspecified atom stereocenters. The maximum absolute atomic E-state index is 5.67. The lowest BCUT2D eigenvalue weighted by molar-refractivity contribution is 1.09. The minimum atomic E-state index is 0.407. The molecule has 1 aromatic heterocycles. The normalized spacial score (nSPS) is 10.0. The fourth-order valence-electron chi connectivity index (χ4n) is 0.370. The molecule has 0 spiro atoms. The monoisotopic (exact) mass is 400 g/mol. The summed E-state index contributed by atoms with van der Waals surface area (Å²) in [5, 5.41) is 0.815. The zero-order chi connectivity index (χ0) is 7.72. The predicted octanol–water partition coefficient (Wildman–Crippen LogP) is 2.99. The van der Waals surface area contributed by atoms with E-state index in [1.54, 1.807) is 0 Å². The molecule has 0 N–H and O–H groups in total. The van der Waals surface area contributed by atoms with Gasteiger partial charge >= 0.3 is 0 Å². The van der Waals surface area contributed by atoms with E-state index in [0.717, 1.165) is 0 Å². The summed E-state index contributed by atoms with van der Waals surface area (Å²) in [6.07, 6.45) is 0. The molecule has 0 bridgehead atoms. The number of aromatic nitrogens is 2. The quantitative estimate of drug-likeness (QED) is 0.380. The molecular formula is C4Cl2I2N2. The molecule has 54 valence electrons. The Labute approximate surface area is 95.0 Å². The third-order valence-corrected chi connectivity index (χ3v) is 3.43. The summed E-state index contributed by atoms with van der Waals surface area (Å²) in [5.41, 5.74) is 0. The molecular weight excluding hydrogens is 401 g/mol. The van der Waals surface area contributed by atoms with Crippen LogP contribution >= 0.6 is 68.4 Å². The van der Waals surface area contributed by atoms with Crippen molar-refractivity contribution in [2.75, 3.05) is 0 Å². The molecule has 0 aliphatic rings. The van der Waals surface area contributed by atoms with Gasteiger partial charge in [0.1, 0.15) is 10.3 Å². The highest BCUT2D eigenvalue weighted by atomic mass is 127. The number of rotatable bonds is 0. The molecule has 6 heteroatoms. The van der Waals surface area contributed by atoms with Crippen LogP contribution in [-0.2, 0) is 0 Å². The van der Waals surface area contributed by atoms with Crippen LogP contribution in [0, 0.1) is 7.40 Å². The summed E-state index contributed by atoms with van der Waals surface area (Å²) in [6, 6.07) is 0. The largest absolute Gasteiger partial charge is 0.210 e. The Balaban J connectivity index is 3.31. The third-order valence-electron chi connectivity index (χ3n) is 0.743. The highest BCUT2D eigenvalue weighted by Gasteiger charge is 2.05. The molecule has 1 rings (SSSR count). The minimum absolute atomic E-state index is 0.407. The van der Waals surface area contributed by atoms with Crippen LogP contribution in [0.1, 0.15) is 0 Å². The van der Waals surface area contributed by atoms with Gasteiger partial charge in [0.05, 0.1) is 3.57 Å². The first-order valence-corrected chi connectivity index (χ1v) is 5.06. The SMILES string of the molecule is Clc1nc(I)nc(Cl)c1I. The average molecular weight is 401 g/mol. The van der Waals surface area contributed by atoms with Gasteiger partial charge in [-0.2, -0.15) is 0 Å². The standard InChI is InChI=1S/C4Cl2I2N2/c5-2-1(7)3(6)10-4(8)9-2. The Morgan fingerprint density at radius 1 is 1.00 bits per heavy atom. The Morgan fingerprint density at radius 3 is 1.80 bits per heavy atom. The van der Waals surface area contributed by atoms with E-state index in [-0.39, 0.29) is 0 Å². The molecule has 1 aromatic rings. The van der Waals surface area contributed by atoms with E-state index >= 15 is 0 Å². The molecule has 0 saturated heterocycles. The Kier molecular flexibility index (Phi) is 3.39. The number of hydrogen-bond donors (Lipinski definition) is 0. The maximum Gasteiger partial charge on any atom is 0.193 e. The van der Waals surface area contributed by atoms with Crippen molar-refractivity contribution >= 4 is 68.4 Å². The van der Waals surface area contributed by atoms with Gasteiger partial charge in [-0.15, -0.1) is 0 Å². The summed E-state index contributed by atoms with van der Waals surface area (Å²) >= 11 is 15.3. The lowest BCUT2D eigenvalue weighted by atomic mass is 10.7. The summed E-state index contributed by atoms with van der Waals surface area (Å²) in [6.45, 7) is 0. The first-order valence-electron chi connectivity index (χ1n) is 2.15. The third kappa shape index (κ3) is 2.05. The van der Waals surface area contributed by atoms with Crippen molar-refractivity contribution < 1.29 is 0 Å². The minimum Gasteiger partial charge on any atom is -0.210 e. The molecule has 10 heavy (non-hydrogen) atoms. The van der Waals surface area contributed by atoms with Gasteiger partial charge in [0, 0.05) is 22.6 Å². The highest BCUT2D eigenvalue weighted by Crippen LogP contribution is 2.22. The molecule has 0 atom stereocenters. The molecule has 0 aromatic carbocycles. The van der Waals surface area contributed by atoms with Gasteiger partial charge in [0.15, 0.2) is 3.83 Å². The summed E-state index contributed by atoms with van der Waals surface area (Å²) in [4.78, 5) is 7.77. The second kappa shape index (κ2) is 3.68. The predicted molar refractivity (Wildman–Crippen MR) is 57.5 cm³/mol. The fourth-order valence-corrected chi connectivity index (χ4v) is 1.77. The lowest BCUT2D eigenvalue weighted by Gasteiger charge is -1.96. The second-order valence-electron chi connectivity index (χ2n) is 1.39. The second-order valence-corrected chi connectivity index (χ2v) is 4.15. The van der Waals surface area contributed by atoms with Crippen LogP contribution in [0.3, 0.4) is 0 Å².